The van der Waals surface area contributed by atoms with Gasteiger partial charge in [0.1, 0.15) is 0 Å². The van der Waals surface area contributed by atoms with Crippen molar-refractivity contribution in [3.05, 3.63) is 30.3 Å². The fraction of sp³-hybridized carbons (Fsp3) is 0.400. The molecule has 1 aromatic carbocycles. The van der Waals surface area contributed by atoms with Gasteiger partial charge in [-0.15, -0.1) is 0 Å². The minimum absolute atomic E-state index is 0.0378. The summed E-state index contributed by atoms with van der Waals surface area (Å²) in [5.74, 6) is 0. The molecule has 0 fully saturated rings. The standard InChI is InChI=1S/C10H16BNO3/c13-8-6-12(7-9-14)11(15)10-4-2-1-3-5-10/h1-5,13-15H,6-9H2. The second kappa shape index (κ2) is 6.58. The Bertz CT molecular complexity index is 265. The molecule has 15 heavy (non-hydrogen) atoms. The van der Waals surface area contributed by atoms with E-state index in [0.29, 0.717) is 13.1 Å². The Morgan fingerprint density at radius 1 is 1.00 bits per heavy atom. The largest absolute Gasteiger partial charge is 0.433 e. The number of nitrogens with zero attached hydrogens (tertiary/aromatic N) is 1. The molecule has 0 bridgehead atoms. The molecule has 4 nitrogen and oxygen atoms in total. The molecule has 0 unspecified atom stereocenters. The van der Waals surface area contributed by atoms with E-state index in [4.69, 9.17) is 10.2 Å². The zero-order chi connectivity index (χ0) is 11.1. The first-order valence-corrected chi connectivity index (χ1v) is 4.98. The van der Waals surface area contributed by atoms with Gasteiger partial charge in [-0.3, -0.25) is 0 Å². The van der Waals surface area contributed by atoms with E-state index in [0.717, 1.165) is 5.46 Å². The lowest BCUT2D eigenvalue weighted by Crippen LogP contribution is -2.50. The second-order valence-electron chi connectivity index (χ2n) is 3.27. The summed E-state index contributed by atoms with van der Waals surface area (Å²) < 4.78 is 0. The van der Waals surface area contributed by atoms with Crippen LogP contribution in [0.3, 0.4) is 0 Å². The molecular weight excluding hydrogens is 193 g/mol. The number of benzene rings is 1. The Balaban J connectivity index is 2.67. The van der Waals surface area contributed by atoms with Gasteiger partial charge in [0.2, 0.25) is 0 Å². The van der Waals surface area contributed by atoms with E-state index >= 15 is 0 Å². The van der Waals surface area contributed by atoms with Gasteiger partial charge in [-0.2, -0.15) is 0 Å². The minimum atomic E-state index is -0.773. The minimum Gasteiger partial charge on any atom is -0.433 e. The molecule has 0 saturated carbocycles. The molecule has 82 valence electrons. The molecule has 0 radical (unpaired) electrons. The van der Waals surface area contributed by atoms with E-state index < -0.39 is 7.05 Å². The lowest BCUT2D eigenvalue weighted by atomic mass is 9.72. The van der Waals surface area contributed by atoms with E-state index in [-0.39, 0.29) is 13.2 Å². The summed E-state index contributed by atoms with van der Waals surface area (Å²) >= 11 is 0. The van der Waals surface area contributed by atoms with Gasteiger partial charge in [0, 0.05) is 13.1 Å². The van der Waals surface area contributed by atoms with Crippen LogP contribution in [0, 0.1) is 0 Å². The first-order valence-electron chi connectivity index (χ1n) is 4.98. The van der Waals surface area contributed by atoms with Crippen molar-refractivity contribution in [1.29, 1.82) is 0 Å². The van der Waals surface area contributed by atoms with Crippen molar-refractivity contribution in [2.75, 3.05) is 26.3 Å². The fourth-order valence-electron chi connectivity index (χ4n) is 1.45. The van der Waals surface area contributed by atoms with Crippen LogP contribution in [0.2, 0.25) is 0 Å². The average molecular weight is 209 g/mol. The first-order chi connectivity index (χ1) is 7.29. The van der Waals surface area contributed by atoms with E-state index in [1.807, 2.05) is 30.3 Å². The maximum Gasteiger partial charge on any atom is 0.416 e. The summed E-state index contributed by atoms with van der Waals surface area (Å²) in [5.41, 5.74) is 0.763. The molecule has 3 N–H and O–H groups in total. The smallest absolute Gasteiger partial charge is 0.416 e. The summed E-state index contributed by atoms with van der Waals surface area (Å²) in [6.45, 7) is 0.612. The van der Waals surface area contributed by atoms with Gasteiger partial charge in [0.05, 0.1) is 13.2 Å². The van der Waals surface area contributed by atoms with Crippen LogP contribution in [0.4, 0.5) is 0 Å². The monoisotopic (exact) mass is 209 g/mol. The first kappa shape index (κ1) is 12.2. The molecule has 0 aliphatic heterocycles. The second-order valence-corrected chi connectivity index (χ2v) is 3.27. The van der Waals surface area contributed by atoms with Gasteiger partial charge in [-0.05, 0) is 5.46 Å². The van der Waals surface area contributed by atoms with Crippen LogP contribution in [0.1, 0.15) is 0 Å². The highest BCUT2D eigenvalue weighted by Crippen LogP contribution is 1.93. The molecule has 0 aliphatic carbocycles. The number of aliphatic hydroxyl groups excluding tert-OH is 2. The molecular formula is C10H16BNO3. The van der Waals surface area contributed by atoms with Crippen LogP contribution in [0.5, 0.6) is 0 Å². The van der Waals surface area contributed by atoms with Crippen LogP contribution >= 0.6 is 0 Å². The van der Waals surface area contributed by atoms with E-state index in [1.54, 1.807) is 4.81 Å². The number of aliphatic hydroxyl groups is 2. The zero-order valence-corrected chi connectivity index (χ0v) is 8.58. The normalized spacial score (nSPS) is 10.7. The van der Waals surface area contributed by atoms with E-state index in [1.165, 1.54) is 0 Å². The lowest BCUT2D eigenvalue weighted by Gasteiger charge is -2.23. The van der Waals surface area contributed by atoms with Crippen molar-refractivity contribution in [3.63, 3.8) is 0 Å². The molecule has 5 heteroatoms. The lowest BCUT2D eigenvalue weighted by molar-refractivity contribution is 0.206. The molecule has 1 rings (SSSR count). The number of rotatable bonds is 6. The number of hydrogen-bond donors (Lipinski definition) is 3. The molecule has 0 aromatic heterocycles. The Morgan fingerprint density at radius 3 is 2.00 bits per heavy atom. The molecule has 0 spiro atoms. The van der Waals surface area contributed by atoms with Crippen molar-refractivity contribution < 1.29 is 15.2 Å². The summed E-state index contributed by atoms with van der Waals surface area (Å²) in [7, 11) is -0.773. The Kier molecular flexibility index (Phi) is 5.35. The summed E-state index contributed by atoms with van der Waals surface area (Å²) in [6, 6.07) is 9.18. The zero-order valence-electron chi connectivity index (χ0n) is 8.58. The highest BCUT2D eigenvalue weighted by molar-refractivity contribution is 6.63. The summed E-state index contributed by atoms with van der Waals surface area (Å²) in [5, 5.41) is 27.6. The third-order valence-corrected chi connectivity index (χ3v) is 2.22. The predicted molar refractivity (Wildman–Crippen MR) is 59.8 cm³/mol. The van der Waals surface area contributed by atoms with Crippen molar-refractivity contribution in [2.24, 2.45) is 0 Å². The summed E-state index contributed by atoms with van der Waals surface area (Å²) in [4.78, 5) is 1.62. The SMILES string of the molecule is OCCN(CCO)B(O)c1ccccc1. The summed E-state index contributed by atoms with van der Waals surface area (Å²) in [6.07, 6.45) is 0. The van der Waals surface area contributed by atoms with Gasteiger partial charge in [0.25, 0.3) is 0 Å². The molecule has 0 atom stereocenters. The quantitative estimate of drug-likeness (QED) is 0.507. The fourth-order valence-corrected chi connectivity index (χ4v) is 1.45. The van der Waals surface area contributed by atoms with Gasteiger partial charge in [-0.25, -0.2) is 0 Å². The van der Waals surface area contributed by atoms with Gasteiger partial charge in [0.15, 0.2) is 0 Å². The number of hydrogen-bond acceptors (Lipinski definition) is 4. The van der Waals surface area contributed by atoms with Crippen LogP contribution in [0.25, 0.3) is 0 Å². The average Bonchev–Trinajstić information content (AvgIpc) is 2.29. The highest BCUT2D eigenvalue weighted by atomic mass is 16.3. The van der Waals surface area contributed by atoms with E-state index in [9.17, 15) is 5.02 Å². The van der Waals surface area contributed by atoms with Crippen LogP contribution in [0.15, 0.2) is 30.3 Å². The Hall–Kier alpha value is -0.875. The van der Waals surface area contributed by atoms with Crippen molar-refractivity contribution in [1.82, 2.24) is 4.81 Å². The predicted octanol–water partition coefficient (Wildman–Crippen LogP) is -1.34. The van der Waals surface area contributed by atoms with Crippen LogP contribution in [-0.2, 0) is 0 Å². The molecule has 0 aliphatic rings. The van der Waals surface area contributed by atoms with E-state index in [2.05, 4.69) is 0 Å². The van der Waals surface area contributed by atoms with Crippen molar-refractivity contribution in [2.45, 2.75) is 0 Å². The maximum atomic E-state index is 9.95. The maximum absolute atomic E-state index is 9.95. The third-order valence-electron chi connectivity index (χ3n) is 2.22. The molecule has 0 amide bonds. The van der Waals surface area contributed by atoms with Gasteiger partial charge >= 0.3 is 7.05 Å². The molecule has 0 saturated heterocycles. The Morgan fingerprint density at radius 2 is 1.53 bits per heavy atom. The van der Waals surface area contributed by atoms with Crippen LogP contribution < -0.4 is 5.46 Å². The van der Waals surface area contributed by atoms with Gasteiger partial charge in [-0.1, -0.05) is 30.3 Å². The van der Waals surface area contributed by atoms with Gasteiger partial charge < -0.3 is 20.0 Å². The Labute approximate surface area is 89.9 Å². The highest BCUT2D eigenvalue weighted by Gasteiger charge is 2.22. The molecule has 0 heterocycles. The van der Waals surface area contributed by atoms with Crippen molar-refractivity contribution in [3.8, 4) is 0 Å². The van der Waals surface area contributed by atoms with Crippen molar-refractivity contribution >= 4 is 12.5 Å². The van der Waals surface area contributed by atoms with Crippen LogP contribution in [-0.4, -0.2) is 53.4 Å². The topological polar surface area (TPSA) is 63.9 Å². The third kappa shape index (κ3) is 3.64. The molecule has 1 aromatic rings.